The molecule has 2 aromatic rings. The molecule has 2 N–H and O–H groups in total. The zero-order valence-electron chi connectivity index (χ0n) is 14.3. The van der Waals surface area contributed by atoms with Gasteiger partial charge in [-0.2, -0.15) is 0 Å². The van der Waals surface area contributed by atoms with Gasteiger partial charge < -0.3 is 10.4 Å². The molecule has 1 amide bonds. The number of hydrogen-bond donors (Lipinski definition) is 2. The van der Waals surface area contributed by atoms with Crippen molar-refractivity contribution >= 4 is 17.6 Å². The van der Waals surface area contributed by atoms with E-state index in [1.54, 1.807) is 31.2 Å². The summed E-state index contributed by atoms with van der Waals surface area (Å²) in [6, 6.07) is 10.0. The first-order chi connectivity index (χ1) is 12.3. The monoisotopic (exact) mass is 359 g/mol. The van der Waals surface area contributed by atoms with E-state index in [4.69, 9.17) is 5.11 Å². The van der Waals surface area contributed by atoms with Crippen LogP contribution in [-0.4, -0.2) is 17.0 Å². The van der Waals surface area contributed by atoms with Gasteiger partial charge in [0, 0.05) is 11.3 Å². The van der Waals surface area contributed by atoms with E-state index in [0.717, 1.165) is 18.6 Å². The van der Waals surface area contributed by atoms with E-state index in [1.807, 2.05) is 0 Å². The fourth-order valence-electron chi connectivity index (χ4n) is 3.32. The Kier molecular flexibility index (Phi) is 4.76. The maximum atomic E-state index is 14.2. The minimum atomic E-state index is -1.21. The van der Waals surface area contributed by atoms with Gasteiger partial charge in [-0.05, 0) is 49.6 Å². The van der Waals surface area contributed by atoms with Crippen LogP contribution < -0.4 is 5.32 Å². The molecule has 0 spiro atoms. The van der Waals surface area contributed by atoms with Gasteiger partial charge in [-0.15, -0.1) is 0 Å². The second-order valence-corrected chi connectivity index (χ2v) is 6.67. The van der Waals surface area contributed by atoms with Crippen molar-refractivity contribution in [3.05, 3.63) is 65.2 Å². The number of nitrogens with one attached hydrogen (secondary N) is 1. The largest absolute Gasteiger partial charge is 0.481 e. The van der Waals surface area contributed by atoms with E-state index < -0.39 is 34.8 Å². The summed E-state index contributed by atoms with van der Waals surface area (Å²) in [5.74, 6) is -3.49. The van der Waals surface area contributed by atoms with Gasteiger partial charge >= 0.3 is 5.97 Å². The highest BCUT2D eigenvalue weighted by Crippen LogP contribution is 2.46. The Morgan fingerprint density at radius 2 is 1.65 bits per heavy atom. The van der Waals surface area contributed by atoms with E-state index in [0.29, 0.717) is 24.1 Å². The standard InChI is InChI=1S/C20H19F2NO3/c1-12(18(24)25)13-6-8-14(9-7-13)23-19(26)20(10-3-11-20)17-15(21)4-2-5-16(17)22/h2,4-9,12H,3,10-11H2,1H3,(H,23,26)(H,24,25). The van der Waals surface area contributed by atoms with Crippen LogP contribution in [0.4, 0.5) is 14.5 Å². The number of carbonyl (C=O) groups excluding carboxylic acids is 1. The first-order valence-electron chi connectivity index (χ1n) is 8.44. The Labute approximate surface area is 149 Å². The molecule has 1 saturated carbocycles. The molecule has 4 nitrogen and oxygen atoms in total. The number of rotatable bonds is 5. The van der Waals surface area contributed by atoms with Gasteiger partial charge in [-0.25, -0.2) is 8.78 Å². The summed E-state index contributed by atoms with van der Waals surface area (Å²) in [6.45, 7) is 1.57. The van der Waals surface area contributed by atoms with Crippen LogP contribution in [0.25, 0.3) is 0 Å². The number of hydrogen-bond acceptors (Lipinski definition) is 2. The third kappa shape index (κ3) is 3.07. The molecule has 1 fully saturated rings. The fraction of sp³-hybridized carbons (Fsp3) is 0.300. The van der Waals surface area contributed by atoms with E-state index in [9.17, 15) is 18.4 Å². The van der Waals surface area contributed by atoms with E-state index in [2.05, 4.69) is 5.32 Å². The van der Waals surface area contributed by atoms with Crippen LogP contribution in [0.1, 0.15) is 43.2 Å². The van der Waals surface area contributed by atoms with Crippen LogP contribution >= 0.6 is 0 Å². The van der Waals surface area contributed by atoms with Crippen molar-refractivity contribution in [3.63, 3.8) is 0 Å². The highest BCUT2D eigenvalue weighted by molar-refractivity contribution is 6.00. The van der Waals surface area contributed by atoms with Crippen LogP contribution in [0.3, 0.4) is 0 Å². The molecular formula is C20H19F2NO3. The van der Waals surface area contributed by atoms with Crippen molar-refractivity contribution in [2.24, 2.45) is 0 Å². The first-order valence-corrected chi connectivity index (χ1v) is 8.44. The molecule has 6 heteroatoms. The van der Waals surface area contributed by atoms with Gasteiger partial charge in [0.05, 0.1) is 11.3 Å². The molecule has 26 heavy (non-hydrogen) atoms. The topological polar surface area (TPSA) is 66.4 Å². The van der Waals surface area contributed by atoms with E-state index in [1.165, 1.54) is 6.07 Å². The lowest BCUT2D eigenvalue weighted by Gasteiger charge is -2.40. The number of amides is 1. The van der Waals surface area contributed by atoms with Gasteiger partial charge in [0.2, 0.25) is 5.91 Å². The molecule has 1 atom stereocenters. The molecule has 1 unspecified atom stereocenters. The summed E-state index contributed by atoms with van der Waals surface area (Å²) in [5, 5.41) is 11.7. The predicted octanol–water partition coefficient (Wildman–Crippen LogP) is 4.21. The summed E-state index contributed by atoms with van der Waals surface area (Å²) < 4.78 is 28.4. The molecule has 0 heterocycles. The number of benzene rings is 2. The van der Waals surface area contributed by atoms with Crippen LogP contribution in [0.15, 0.2) is 42.5 Å². The van der Waals surface area contributed by atoms with Gasteiger partial charge in [0.25, 0.3) is 0 Å². The third-order valence-electron chi connectivity index (χ3n) is 5.12. The highest BCUT2D eigenvalue weighted by Gasteiger charge is 2.49. The average Bonchev–Trinajstić information content (AvgIpc) is 2.56. The smallest absolute Gasteiger partial charge is 0.310 e. The molecule has 0 radical (unpaired) electrons. The lowest BCUT2D eigenvalue weighted by atomic mass is 9.63. The minimum Gasteiger partial charge on any atom is -0.481 e. The maximum absolute atomic E-state index is 14.2. The van der Waals surface area contributed by atoms with E-state index in [-0.39, 0.29) is 5.56 Å². The number of aliphatic carboxylic acids is 1. The van der Waals surface area contributed by atoms with Crippen molar-refractivity contribution in [1.29, 1.82) is 0 Å². The number of carboxylic acids is 1. The summed E-state index contributed by atoms with van der Waals surface area (Å²) >= 11 is 0. The quantitative estimate of drug-likeness (QED) is 0.840. The second kappa shape index (κ2) is 6.86. The number of carboxylic acid groups (broad SMARTS) is 1. The molecule has 3 rings (SSSR count). The van der Waals surface area contributed by atoms with Crippen molar-refractivity contribution in [2.75, 3.05) is 5.32 Å². The Bertz CT molecular complexity index is 824. The van der Waals surface area contributed by atoms with Gasteiger partial charge in [0.1, 0.15) is 11.6 Å². The fourth-order valence-corrected chi connectivity index (χ4v) is 3.32. The Morgan fingerprint density at radius 3 is 2.12 bits per heavy atom. The number of anilines is 1. The van der Waals surface area contributed by atoms with E-state index >= 15 is 0 Å². The molecule has 2 aromatic carbocycles. The van der Waals surface area contributed by atoms with Crippen LogP contribution in [-0.2, 0) is 15.0 Å². The summed E-state index contributed by atoms with van der Waals surface area (Å²) in [6.07, 6.45) is 1.48. The Hall–Kier alpha value is -2.76. The first kappa shape index (κ1) is 18.0. The van der Waals surface area contributed by atoms with Crippen LogP contribution in [0.2, 0.25) is 0 Å². The van der Waals surface area contributed by atoms with Crippen LogP contribution in [0.5, 0.6) is 0 Å². The SMILES string of the molecule is CC(C(=O)O)c1ccc(NC(=O)C2(c3c(F)cccc3F)CCC2)cc1. The summed E-state index contributed by atoms with van der Waals surface area (Å²) in [7, 11) is 0. The zero-order chi connectivity index (χ0) is 18.9. The van der Waals surface area contributed by atoms with Gasteiger partial charge in [0.15, 0.2) is 0 Å². The lowest BCUT2D eigenvalue weighted by Crippen LogP contribution is -2.47. The molecule has 136 valence electrons. The summed E-state index contributed by atoms with van der Waals surface area (Å²) in [4.78, 5) is 23.8. The van der Waals surface area contributed by atoms with Crippen LogP contribution in [0, 0.1) is 11.6 Å². The minimum absolute atomic E-state index is 0.181. The highest BCUT2D eigenvalue weighted by atomic mass is 19.1. The summed E-state index contributed by atoms with van der Waals surface area (Å²) in [5.41, 5.74) is -0.323. The molecule has 0 aliphatic heterocycles. The molecule has 0 aromatic heterocycles. The molecule has 0 saturated heterocycles. The number of carbonyl (C=O) groups is 2. The normalized spacial score (nSPS) is 16.4. The molecular weight excluding hydrogens is 340 g/mol. The predicted molar refractivity (Wildman–Crippen MR) is 93.0 cm³/mol. The van der Waals surface area contributed by atoms with Crippen molar-refractivity contribution < 1.29 is 23.5 Å². The number of halogens is 2. The molecule has 0 bridgehead atoms. The van der Waals surface area contributed by atoms with Gasteiger partial charge in [-0.3, -0.25) is 9.59 Å². The third-order valence-corrected chi connectivity index (χ3v) is 5.12. The maximum Gasteiger partial charge on any atom is 0.310 e. The van der Waals surface area contributed by atoms with Crippen molar-refractivity contribution in [3.8, 4) is 0 Å². The second-order valence-electron chi connectivity index (χ2n) is 6.67. The zero-order valence-corrected chi connectivity index (χ0v) is 14.3. The Morgan fingerprint density at radius 1 is 1.08 bits per heavy atom. The average molecular weight is 359 g/mol. The Balaban J connectivity index is 1.84. The van der Waals surface area contributed by atoms with Crippen molar-refractivity contribution in [1.82, 2.24) is 0 Å². The lowest BCUT2D eigenvalue weighted by molar-refractivity contribution is -0.138. The molecule has 1 aliphatic rings. The van der Waals surface area contributed by atoms with Gasteiger partial charge in [-0.1, -0.05) is 24.6 Å². The molecule has 1 aliphatic carbocycles. The van der Waals surface area contributed by atoms with Crippen molar-refractivity contribution in [2.45, 2.75) is 37.5 Å².